The van der Waals surface area contributed by atoms with E-state index in [1.165, 1.54) is 29.8 Å². The Morgan fingerprint density at radius 3 is 2.47 bits per heavy atom. The molecule has 30 heavy (non-hydrogen) atoms. The number of nitrogens with one attached hydrogen (secondary N) is 1. The molecule has 0 heterocycles. The molecule has 0 unspecified atom stereocenters. The SMILES string of the molecule is Cc1ccc([C@@H](C)NC(=O)CCCN(c2cccc([N+](=O)[O-])c2)S(C)(=O)=O)cc1C. The Balaban J connectivity index is 1.99. The normalized spacial score (nSPS) is 12.3. The van der Waals surface area contributed by atoms with Gasteiger partial charge in [0, 0.05) is 25.1 Å². The minimum Gasteiger partial charge on any atom is -0.350 e. The minimum absolute atomic E-state index is 0.0471. The molecule has 1 atom stereocenters. The fourth-order valence-corrected chi connectivity index (χ4v) is 4.02. The van der Waals surface area contributed by atoms with E-state index in [4.69, 9.17) is 0 Å². The summed E-state index contributed by atoms with van der Waals surface area (Å²) in [6.45, 7) is 5.98. The molecular weight excluding hydrogens is 406 g/mol. The zero-order chi connectivity index (χ0) is 22.5. The number of amides is 1. The van der Waals surface area contributed by atoms with Gasteiger partial charge in [-0.15, -0.1) is 0 Å². The average molecular weight is 434 g/mol. The first-order chi connectivity index (χ1) is 14.0. The van der Waals surface area contributed by atoms with Gasteiger partial charge in [-0.05, 0) is 49.9 Å². The van der Waals surface area contributed by atoms with Gasteiger partial charge in [-0.1, -0.05) is 24.3 Å². The summed E-state index contributed by atoms with van der Waals surface area (Å²) in [6, 6.07) is 11.3. The van der Waals surface area contributed by atoms with Gasteiger partial charge in [0.05, 0.1) is 22.9 Å². The topological polar surface area (TPSA) is 110 Å². The Labute approximate surface area is 177 Å². The number of carbonyl (C=O) groups excluding carboxylic acids is 1. The first-order valence-electron chi connectivity index (χ1n) is 9.57. The van der Waals surface area contributed by atoms with Crippen molar-refractivity contribution in [2.45, 2.75) is 39.7 Å². The number of nitro groups is 1. The van der Waals surface area contributed by atoms with Gasteiger partial charge in [-0.25, -0.2) is 8.42 Å². The molecule has 2 rings (SSSR count). The largest absolute Gasteiger partial charge is 0.350 e. The second-order valence-electron chi connectivity index (χ2n) is 7.35. The fraction of sp³-hybridized carbons (Fsp3) is 0.381. The van der Waals surface area contributed by atoms with Crippen LogP contribution in [0.3, 0.4) is 0 Å². The van der Waals surface area contributed by atoms with Gasteiger partial charge in [-0.2, -0.15) is 0 Å². The molecule has 0 saturated heterocycles. The number of nitro benzene ring substituents is 1. The Morgan fingerprint density at radius 2 is 1.87 bits per heavy atom. The van der Waals surface area contributed by atoms with E-state index in [1.807, 2.05) is 39.0 Å². The number of rotatable bonds is 9. The van der Waals surface area contributed by atoms with E-state index in [0.29, 0.717) is 0 Å². The van der Waals surface area contributed by atoms with Gasteiger partial charge >= 0.3 is 0 Å². The Hall–Kier alpha value is -2.94. The van der Waals surface area contributed by atoms with Gasteiger partial charge < -0.3 is 5.32 Å². The first-order valence-corrected chi connectivity index (χ1v) is 11.4. The summed E-state index contributed by atoms with van der Waals surface area (Å²) in [5.41, 5.74) is 3.34. The molecule has 0 aliphatic heterocycles. The van der Waals surface area contributed by atoms with Crippen LogP contribution in [-0.2, 0) is 14.8 Å². The number of anilines is 1. The van der Waals surface area contributed by atoms with Crippen LogP contribution in [0.5, 0.6) is 0 Å². The van der Waals surface area contributed by atoms with Crippen molar-refractivity contribution < 1.29 is 18.1 Å². The van der Waals surface area contributed by atoms with E-state index in [1.54, 1.807) is 0 Å². The van der Waals surface area contributed by atoms with Crippen molar-refractivity contribution in [2.24, 2.45) is 0 Å². The summed E-state index contributed by atoms with van der Waals surface area (Å²) in [5.74, 6) is -0.187. The van der Waals surface area contributed by atoms with Crippen molar-refractivity contribution in [1.82, 2.24) is 5.32 Å². The number of nitrogens with zero attached hydrogens (tertiary/aromatic N) is 2. The van der Waals surface area contributed by atoms with Gasteiger partial charge in [-0.3, -0.25) is 19.2 Å². The predicted octanol–water partition coefficient (Wildman–Crippen LogP) is 3.64. The lowest BCUT2D eigenvalue weighted by atomic mass is 10.0. The van der Waals surface area contributed by atoms with Crippen LogP contribution in [0.2, 0.25) is 0 Å². The number of benzene rings is 2. The number of hydrogen-bond acceptors (Lipinski definition) is 5. The van der Waals surface area contributed by atoms with Crippen LogP contribution < -0.4 is 9.62 Å². The van der Waals surface area contributed by atoms with Crippen molar-refractivity contribution in [3.05, 3.63) is 69.3 Å². The zero-order valence-electron chi connectivity index (χ0n) is 17.6. The molecule has 1 amide bonds. The highest BCUT2D eigenvalue weighted by Crippen LogP contribution is 2.23. The first kappa shape index (κ1) is 23.3. The zero-order valence-corrected chi connectivity index (χ0v) is 18.4. The summed E-state index contributed by atoms with van der Waals surface area (Å²) in [7, 11) is -3.65. The van der Waals surface area contributed by atoms with E-state index >= 15 is 0 Å². The number of sulfonamides is 1. The van der Waals surface area contributed by atoms with Crippen LogP contribution in [0.15, 0.2) is 42.5 Å². The molecule has 0 aliphatic carbocycles. The number of aryl methyl sites for hydroxylation is 2. The summed E-state index contributed by atoms with van der Waals surface area (Å²) < 4.78 is 25.4. The van der Waals surface area contributed by atoms with Crippen molar-refractivity contribution in [1.29, 1.82) is 0 Å². The van der Waals surface area contributed by atoms with E-state index in [-0.39, 0.29) is 42.7 Å². The van der Waals surface area contributed by atoms with Gasteiger partial charge in [0.1, 0.15) is 0 Å². The highest BCUT2D eigenvalue weighted by molar-refractivity contribution is 7.92. The third-order valence-corrected chi connectivity index (χ3v) is 6.10. The second-order valence-corrected chi connectivity index (χ2v) is 9.26. The maximum Gasteiger partial charge on any atom is 0.271 e. The molecular formula is C21H27N3O5S. The molecule has 0 saturated carbocycles. The molecule has 0 aromatic heterocycles. The molecule has 0 fully saturated rings. The van der Waals surface area contributed by atoms with Crippen LogP contribution in [0.25, 0.3) is 0 Å². The molecule has 9 heteroatoms. The lowest BCUT2D eigenvalue weighted by Crippen LogP contribution is -2.32. The van der Waals surface area contributed by atoms with Crippen LogP contribution in [0, 0.1) is 24.0 Å². The van der Waals surface area contributed by atoms with Gasteiger partial charge in [0.15, 0.2) is 0 Å². The molecule has 0 bridgehead atoms. The van der Waals surface area contributed by atoms with Crippen LogP contribution in [-0.4, -0.2) is 32.0 Å². The van der Waals surface area contributed by atoms with Crippen molar-refractivity contribution >= 4 is 27.3 Å². The molecule has 0 aliphatic rings. The minimum atomic E-state index is -3.65. The maximum atomic E-state index is 12.3. The Morgan fingerprint density at radius 1 is 1.17 bits per heavy atom. The number of carbonyl (C=O) groups is 1. The van der Waals surface area contributed by atoms with E-state index < -0.39 is 14.9 Å². The summed E-state index contributed by atoms with van der Waals surface area (Å²) in [5, 5.41) is 13.9. The Bertz CT molecular complexity index is 1040. The highest BCUT2D eigenvalue weighted by atomic mass is 32.2. The average Bonchev–Trinajstić information content (AvgIpc) is 2.66. The lowest BCUT2D eigenvalue weighted by Gasteiger charge is -2.22. The lowest BCUT2D eigenvalue weighted by molar-refractivity contribution is -0.384. The molecule has 8 nitrogen and oxygen atoms in total. The quantitative estimate of drug-likeness (QED) is 0.480. The smallest absolute Gasteiger partial charge is 0.271 e. The standard InChI is InChI=1S/C21H27N3O5S/c1-15-10-11-18(13-16(15)2)17(3)22-21(25)9-6-12-23(30(4,28)29)19-7-5-8-20(14-19)24(26)27/h5,7-8,10-11,13-14,17H,6,9,12H2,1-4H3,(H,22,25)/t17-/m1/s1. The van der Waals surface area contributed by atoms with E-state index in [2.05, 4.69) is 5.32 Å². The van der Waals surface area contributed by atoms with Crippen LogP contribution in [0.1, 0.15) is 42.5 Å². The summed E-state index contributed by atoms with van der Waals surface area (Å²) in [4.78, 5) is 22.7. The molecule has 0 radical (unpaired) electrons. The molecule has 0 spiro atoms. The van der Waals surface area contributed by atoms with Crippen molar-refractivity contribution in [2.75, 3.05) is 17.1 Å². The molecule has 2 aromatic carbocycles. The Kier molecular flexibility index (Phi) is 7.55. The fourth-order valence-electron chi connectivity index (χ4n) is 3.06. The van der Waals surface area contributed by atoms with Gasteiger partial charge in [0.25, 0.3) is 5.69 Å². The highest BCUT2D eigenvalue weighted by Gasteiger charge is 2.20. The monoisotopic (exact) mass is 433 g/mol. The van der Waals surface area contributed by atoms with Crippen molar-refractivity contribution in [3.8, 4) is 0 Å². The maximum absolute atomic E-state index is 12.3. The molecule has 162 valence electrons. The number of hydrogen-bond donors (Lipinski definition) is 1. The van der Waals surface area contributed by atoms with Crippen LogP contribution >= 0.6 is 0 Å². The van der Waals surface area contributed by atoms with E-state index in [0.717, 1.165) is 21.7 Å². The number of non-ortho nitro benzene ring substituents is 1. The molecule has 2 aromatic rings. The van der Waals surface area contributed by atoms with Gasteiger partial charge in [0.2, 0.25) is 15.9 Å². The van der Waals surface area contributed by atoms with Crippen molar-refractivity contribution in [3.63, 3.8) is 0 Å². The second kappa shape index (κ2) is 9.71. The summed E-state index contributed by atoms with van der Waals surface area (Å²) >= 11 is 0. The third-order valence-electron chi connectivity index (χ3n) is 4.90. The molecule has 1 N–H and O–H groups in total. The predicted molar refractivity (Wildman–Crippen MR) is 117 cm³/mol. The summed E-state index contributed by atoms with van der Waals surface area (Å²) in [6.07, 6.45) is 1.45. The third kappa shape index (κ3) is 6.28. The van der Waals surface area contributed by atoms with Crippen LogP contribution in [0.4, 0.5) is 11.4 Å². The van der Waals surface area contributed by atoms with E-state index in [9.17, 15) is 23.3 Å².